The van der Waals surface area contributed by atoms with E-state index in [1.165, 1.54) is 13.2 Å². The second kappa shape index (κ2) is 8.90. The predicted molar refractivity (Wildman–Crippen MR) is 89.3 cm³/mol. The number of carbonyl (C=O) groups excluding carboxylic acids is 3. The first-order valence-electron chi connectivity index (χ1n) is 7.71. The van der Waals surface area contributed by atoms with Crippen molar-refractivity contribution in [1.82, 2.24) is 5.32 Å². The number of para-hydroxylation sites is 1. The molecule has 0 radical (unpaired) electrons. The molecule has 0 heterocycles. The predicted octanol–water partition coefficient (Wildman–Crippen LogP) is 1.44. The molecular weight excluding hydrogens is 312 g/mol. The number of anilines is 1. The van der Waals surface area contributed by atoms with Gasteiger partial charge in [0.05, 0.1) is 12.7 Å². The van der Waals surface area contributed by atoms with Gasteiger partial charge in [0.25, 0.3) is 5.91 Å². The lowest BCUT2D eigenvalue weighted by molar-refractivity contribution is -0.147. The van der Waals surface area contributed by atoms with E-state index in [2.05, 4.69) is 10.1 Å². The first-order valence-corrected chi connectivity index (χ1v) is 7.71. The molecule has 1 aromatic carbocycles. The summed E-state index contributed by atoms with van der Waals surface area (Å²) < 4.78 is 9.65. The van der Waals surface area contributed by atoms with Gasteiger partial charge < -0.3 is 20.5 Å². The van der Waals surface area contributed by atoms with Gasteiger partial charge in [-0.05, 0) is 24.5 Å². The lowest BCUT2D eigenvalue weighted by atomic mass is 9.99. The van der Waals surface area contributed by atoms with Crippen LogP contribution in [-0.2, 0) is 19.1 Å². The Labute approximate surface area is 141 Å². The minimum absolute atomic E-state index is 0.107. The first kappa shape index (κ1) is 19.5. The van der Waals surface area contributed by atoms with Crippen LogP contribution in [0, 0.1) is 12.8 Å². The molecule has 1 aromatic rings. The van der Waals surface area contributed by atoms with Gasteiger partial charge in [-0.1, -0.05) is 32.4 Å². The topological polar surface area (TPSA) is 108 Å². The number of amides is 1. The van der Waals surface area contributed by atoms with E-state index in [1.807, 2.05) is 13.8 Å². The zero-order valence-corrected chi connectivity index (χ0v) is 14.4. The monoisotopic (exact) mass is 336 g/mol. The second-order valence-corrected chi connectivity index (χ2v) is 5.57. The Balaban J connectivity index is 2.66. The number of hydrogen-bond donors (Lipinski definition) is 2. The van der Waals surface area contributed by atoms with Crippen molar-refractivity contribution in [3.8, 4) is 0 Å². The number of esters is 2. The van der Waals surface area contributed by atoms with Crippen molar-refractivity contribution in [2.45, 2.75) is 33.2 Å². The van der Waals surface area contributed by atoms with Crippen LogP contribution in [0.4, 0.5) is 5.69 Å². The average molecular weight is 336 g/mol. The first-order chi connectivity index (χ1) is 11.3. The summed E-state index contributed by atoms with van der Waals surface area (Å²) in [6, 6.07) is 4.19. The molecule has 1 amide bonds. The van der Waals surface area contributed by atoms with E-state index in [0.29, 0.717) is 12.1 Å². The Kier molecular flexibility index (Phi) is 7.23. The third-order valence-electron chi connectivity index (χ3n) is 3.86. The van der Waals surface area contributed by atoms with Crippen LogP contribution in [0.25, 0.3) is 0 Å². The SMILES string of the molecule is CCC(C)C(NC(=O)COC(=O)c1cccc(C)c1N)C(=O)OC. The molecule has 3 N–H and O–H groups in total. The minimum Gasteiger partial charge on any atom is -0.467 e. The van der Waals surface area contributed by atoms with Gasteiger partial charge in [0.1, 0.15) is 6.04 Å². The maximum absolute atomic E-state index is 12.0. The Morgan fingerprint density at radius 3 is 2.54 bits per heavy atom. The summed E-state index contributed by atoms with van der Waals surface area (Å²) in [6.07, 6.45) is 0.680. The number of nitrogen functional groups attached to an aromatic ring is 1. The molecule has 7 heteroatoms. The molecule has 1 rings (SSSR count). The van der Waals surface area contributed by atoms with Gasteiger partial charge in [0.15, 0.2) is 6.61 Å². The molecule has 0 fully saturated rings. The highest BCUT2D eigenvalue weighted by molar-refractivity contribution is 5.97. The molecule has 0 spiro atoms. The van der Waals surface area contributed by atoms with Gasteiger partial charge in [-0.2, -0.15) is 0 Å². The number of aryl methyl sites for hydroxylation is 1. The summed E-state index contributed by atoms with van der Waals surface area (Å²) in [4.78, 5) is 35.7. The minimum atomic E-state index is -0.782. The van der Waals surface area contributed by atoms with E-state index >= 15 is 0 Å². The number of benzene rings is 1. The second-order valence-electron chi connectivity index (χ2n) is 5.57. The molecule has 2 atom stereocenters. The largest absolute Gasteiger partial charge is 0.467 e. The number of carbonyl (C=O) groups is 3. The number of ether oxygens (including phenoxy) is 2. The van der Waals surface area contributed by atoms with Crippen molar-refractivity contribution in [2.24, 2.45) is 5.92 Å². The van der Waals surface area contributed by atoms with E-state index in [-0.39, 0.29) is 11.5 Å². The van der Waals surface area contributed by atoms with Crippen LogP contribution in [0.1, 0.15) is 36.2 Å². The maximum atomic E-state index is 12.0. The summed E-state index contributed by atoms with van der Waals surface area (Å²) in [5.41, 5.74) is 7.09. The van der Waals surface area contributed by atoms with Gasteiger partial charge in [0.2, 0.25) is 0 Å². The van der Waals surface area contributed by atoms with Gasteiger partial charge in [0, 0.05) is 5.69 Å². The van der Waals surface area contributed by atoms with Crippen LogP contribution in [0.15, 0.2) is 18.2 Å². The van der Waals surface area contributed by atoms with Gasteiger partial charge in [-0.25, -0.2) is 9.59 Å². The molecule has 0 aliphatic rings. The fourth-order valence-electron chi connectivity index (χ4n) is 2.08. The molecule has 0 aromatic heterocycles. The van der Waals surface area contributed by atoms with Crippen molar-refractivity contribution < 1.29 is 23.9 Å². The van der Waals surface area contributed by atoms with E-state index in [0.717, 1.165) is 5.56 Å². The zero-order valence-electron chi connectivity index (χ0n) is 14.4. The molecule has 7 nitrogen and oxygen atoms in total. The molecule has 0 saturated carbocycles. The van der Waals surface area contributed by atoms with Crippen molar-refractivity contribution in [1.29, 1.82) is 0 Å². The summed E-state index contributed by atoms with van der Waals surface area (Å²) in [5, 5.41) is 2.53. The van der Waals surface area contributed by atoms with Gasteiger partial charge in [-0.15, -0.1) is 0 Å². The third-order valence-corrected chi connectivity index (χ3v) is 3.86. The van der Waals surface area contributed by atoms with E-state index < -0.39 is 30.5 Å². The Morgan fingerprint density at radius 2 is 1.96 bits per heavy atom. The highest BCUT2D eigenvalue weighted by Gasteiger charge is 2.27. The van der Waals surface area contributed by atoms with E-state index in [1.54, 1.807) is 19.1 Å². The molecule has 0 aliphatic heterocycles. The fraction of sp³-hybridized carbons (Fsp3) is 0.471. The molecule has 0 bridgehead atoms. The Morgan fingerprint density at radius 1 is 1.29 bits per heavy atom. The fourth-order valence-corrected chi connectivity index (χ4v) is 2.08. The lowest BCUT2D eigenvalue weighted by Crippen LogP contribution is -2.47. The quantitative estimate of drug-likeness (QED) is 0.576. The van der Waals surface area contributed by atoms with Crippen LogP contribution in [0.5, 0.6) is 0 Å². The number of hydrogen-bond acceptors (Lipinski definition) is 6. The van der Waals surface area contributed by atoms with Gasteiger partial charge in [-0.3, -0.25) is 4.79 Å². The van der Waals surface area contributed by atoms with Crippen LogP contribution in [0.3, 0.4) is 0 Å². The van der Waals surface area contributed by atoms with Crippen molar-refractivity contribution in [3.63, 3.8) is 0 Å². The highest BCUT2D eigenvalue weighted by Crippen LogP contribution is 2.17. The standard InChI is InChI=1S/C17H24N2O5/c1-5-10(2)15(17(22)23-4)19-13(20)9-24-16(21)12-8-6-7-11(3)14(12)18/h6-8,10,15H,5,9,18H2,1-4H3,(H,19,20). The summed E-state index contributed by atoms with van der Waals surface area (Å²) >= 11 is 0. The van der Waals surface area contributed by atoms with E-state index in [4.69, 9.17) is 10.5 Å². The van der Waals surface area contributed by atoms with Crippen LogP contribution < -0.4 is 11.1 Å². The molecule has 0 saturated heterocycles. The molecule has 0 aliphatic carbocycles. The van der Waals surface area contributed by atoms with Crippen molar-refractivity contribution in [3.05, 3.63) is 29.3 Å². The van der Waals surface area contributed by atoms with Crippen LogP contribution in [-0.4, -0.2) is 37.6 Å². The smallest absolute Gasteiger partial charge is 0.340 e. The Bertz CT molecular complexity index is 615. The number of rotatable bonds is 7. The summed E-state index contributed by atoms with van der Waals surface area (Å²) in [7, 11) is 1.25. The summed E-state index contributed by atoms with van der Waals surface area (Å²) in [6.45, 7) is 4.98. The van der Waals surface area contributed by atoms with Crippen molar-refractivity contribution in [2.75, 3.05) is 19.5 Å². The third kappa shape index (κ3) is 4.97. The molecule has 24 heavy (non-hydrogen) atoms. The lowest BCUT2D eigenvalue weighted by Gasteiger charge is -2.21. The highest BCUT2D eigenvalue weighted by atomic mass is 16.5. The number of methoxy groups -OCH3 is 1. The number of nitrogens with one attached hydrogen (secondary N) is 1. The Hall–Kier alpha value is -2.57. The normalized spacial score (nSPS) is 12.8. The van der Waals surface area contributed by atoms with Crippen molar-refractivity contribution >= 4 is 23.5 Å². The molecule has 2 unspecified atom stereocenters. The number of nitrogens with two attached hydrogens (primary N) is 1. The molecule has 132 valence electrons. The summed E-state index contributed by atoms with van der Waals surface area (Å²) in [5.74, 6) is -1.91. The van der Waals surface area contributed by atoms with E-state index in [9.17, 15) is 14.4 Å². The average Bonchev–Trinajstić information content (AvgIpc) is 2.58. The maximum Gasteiger partial charge on any atom is 0.340 e. The van der Waals surface area contributed by atoms with Crippen LogP contribution in [0.2, 0.25) is 0 Å². The zero-order chi connectivity index (χ0) is 18.3. The molecular formula is C17H24N2O5. The van der Waals surface area contributed by atoms with Crippen LogP contribution >= 0.6 is 0 Å². The van der Waals surface area contributed by atoms with Gasteiger partial charge >= 0.3 is 11.9 Å².